The monoisotopic (exact) mass is 521 g/mol. The van der Waals surface area contributed by atoms with Gasteiger partial charge >= 0.3 is 0 Å². The van der Waals surface area contributed by atoms with Crippen molar-refractivity contribution in [2.24, 2.45) is 7.05 Å². The number of nitrogens with zero attached hydrogens (tertiary/aromatic N) is 5. The van der Waals surface area contributed by atoms with Crippen molar-refractivity contribution < 1.29 is 9.53 Å². The van der Waals surface area contributed by atoms with Crippen molar-refractivity contribution in [3.8, 4) is 11.4 Å². The molecule has 1 atom stereocenters. The number of rotatable bonds is 4. The minimum absolute atomic E-state index is 0.125. The molecule has 0 saturated carbocycles. The van der Waals surface area contributed by atoms with Crippen LogP contribution in [0, 0.1) is 6.92 Å². The van der Waals surface area contributed by atoms with Gasteiger partial charge in [-0.25, -0.2) is 0 Å². The van der Waals surface area contributed by atoms with E-state index in [9.17, 15) is 9.59 Å². The summed E-state index contributed by atoms with van der Waals surface area (Å²) in [6.45, 7) is 6.07. The zero-order valence-electron chi connectivity index (χ0n) is 22.6. The van der Waals surface area contributed by atoms with E-state index in [1.165, 1.54) is 10.2 Å². The highest BCUT2D eigenvalue weighted by Crippen LogP contribution is 2.30. The van der Waals surface area contributed by atoms with Crippen molar-refractivity contribution >= 4 is 33.4 Å². The van der Waals surface area contributed by atoms with Crippen molar-refractivity contribution in [3.05, 3.63) is 94.4 Å². The Balaban J connectivity index is 1.46. The van der Waals surface area contributed by atoms with E-state index in [-0.39, 0.29) is 23.2 Å². The van der Waals surface area contributed by atoms with Gasteiger partial charge in [-0.2, -0.15) is 9.78 Å². The quantitative estimate of drug-likeness (QED) is 0.347. The van der Waals surface area contributed by atoms with Crippen LogP contribution in [0.3, 0.4) is 0 Å². The van der Waals surface area contributed by atoms with E-state index in [4.69, 9.17) is 9.84 Å². The molecule has 1 amide bonds. The first kappa shape index (κ1) is 24.7. The number of fused-ring (bicyclic) bond motifs is 3. The van der Waals surface area contributed by atoms with Gasteiger partial charge in [0.05, 0.1) is 12.8 Å². The highest BCUT2D eigenvalue weighted by atomic mass is 16.5. The van der Waals surface area contributed by atoms with E-state index < -0.39 is 0 Å². The standard InChI is InChI=1S/C31H31N5O3/c1-20-8-7-9-23(18-20)35-17-16-34(19-21(35)2)30(37)28-27-25-10-5-6-11-26(25)33(3)29(27)31(38)36(32-28)22-12-14-24(39-4)15-13-22/h5-15,18,21H,16-17,19H2,1-4H3/t21-/m0/s1. The second-order valence-corrected chi connectivity index (χ2v) is 10.2. The third kappa shape index (κ3) is 4.12. The summed E-state index contributed by atoms with van der Waals surface area (Å²) in [7, 11) is 3.46. The van der Waals surface area contributed by atoms with Crippen LogP contribution in [-0.2, 0) is 7.05 Å². The van der Waals surface area contributed by atoms with Crippen LogP contribution in [0.1, 0.15) is 23.0 Å². The predicted octanol–water partition coefficient (Wildman–Crippen LogP) is 4.55. The molecule has 0 bridgehead atoms. The van der Waals surface area contributed by atoms with Gasteiger partial charge in [-0.1, -0.05) is 30.3 Å². The number of carbonyl (C=O) groups is 1. The summed E-state index contributed by atoms with van der Waals surface area (Å²) >= 11 is 0. The smallest absolute Gasteiger partial charge is 0.296 e. The van der Waals surface area contributed by atoms with Gasteiger partial charge in [0, 0.05) is 54.7 Å². The normalized spacial score (nSPS) is 15.7. The lowest BCUT2D eigenvalue weighted by Gasteiger charge is -2.41. The summed E-state index contributed by atoms with van der Waals surface area (Å²) in [5, 5.41) is 6.17. The van der Waals surface area contributed by atoms with Crippen molar-refractivity contribution in [1.29, 1.82) is 0 Å². The molecule has 0 unspecified atom stereocenters. The lowest BCUT2D eigenvalue weighted by molar-refractivity contribution is 0.0720. The molecule has 2 aromatic heterocycles. The summed E-state index contributed by atoms with van der Waals surface area (Å²) in [5.74, 6) is 0.503. The van der Waals surface area contributed by atoms with Gasteiger partial charge < -0.3 is 19.1 Å². The van der Waals surface area contributed by atoms with Crippen LogP contribution in [-0.4, -0.2) is 57.9 Å². The van der Waals surface area contributed by atoms with Crippen LogP contribution in [0.25, 0.3) is 27.5 Å². The number of anilines is 1. The summed E-state index contributed by atoms with van der Waals surface area (Å²) in [5.41, 5.74) is 4.29. The van der Waals surface area contributed by atoms with Crippen LogP contribution in [0.2, 0.25) is 0 Å². The number of aromatic nitrogens is 3. The Labute approximate surface area is 226 Å². The van der Waals surface area contributed by atoms with Crippen LogP contribution in [0.5, 0.6) is 5.75 Å². The van der Waals surface area contributed by atoms with Gasteiger partial charge in [0.15, 0.2) is 5.69 Å². The summed E-state index contributed by atoms with van der Waals surface area (Å²) in [6, 6.07) is 23.5. The molecule has 0 N–H and O–H groups in total. The minimum Gasteiger partial charge on any atom is -0.497 e. The molecule has 0 radical (unpaired) electrons. The average molecular weight is 522 g/mol. The van der Waals surface area contributed by atoms with Crippen molar-refractivity contribution in [1.82, 2.24) is 19.2 Å². The molecule has 3 aromatic carbocycles. The van der Waals surface area contributed by atoms with E-state index >= 15 is 0 Å². The molecule has 6 rings (SSSR count). The Bertz CT molecular complexity index is 1770. The number of hydrogen-bond donors (Lipinski definition) is 0. The number of piperazine rings is 1. The number of methoxy groups -OCH3 is 1. The summed E-state index contributed by atoms with van der Waals surface area (Å²) in [4.78, 5) is 32.2. The van der Waals surface area contributed by atoms with E-state index in [0.29, 0.717) is 42.0 Å². The Morgan fingerprint density at radius 3 is 2.46 bits per heavy atom. The molecule has 39 heavy (non-hydrogen) atoms. The number of aryl methyl sites for hydroxylation is 2. The maximum Gasteiger partial charge on any atom is 0.296 e. The van der Waals surface area contributed by atoms with E-state index in [1.54, 1.807) is 31.4 Å². The van der Waals surface area contributed by atoms with Gasteiger partial charge in [-0.3, -0.25) is 9.59 Å². The topological polar surface area (TPSA) is 72.6 Å². The molecule has 3 heterocycles. The molecule has 5 aromatic rings. The van der Waals surface area contributed by atoms with Gasteiger partial charge in [-0.15, -0.1) is 0 Å². The fourth-order valence-corrected chi connectivity index (χ4v) is 5.71. The molecular weight excluding hydrogens is 490 g/mol. The number of hydrogen-bond acceptors (Lipinski definition) is 5. The average Bonchev–Trinajstić information content (AvgIpc) is 3.26. The fraction of sp³-hybridized carbons (Fsp3) is 0.258. The predicted molar refractivity (Wildman–Crippen MR) is 154 cm³/mol. The first-order chi connectivity index (χ1) is 18.9. The molecule has 0 aliphatic carbocycles. The maximum atomic E-state index is 14.2. The molecule has 1 aliphatic heterocycles. The van der Waals surface area contributed by atoms with Gasteiger partial charge in [0.2, 0.25) is 0 Å². The van der Waals surface area contributed by atoms with Crippen molar-refractivity contribution in [2.75, 3.05) is 31.6 Å². The molecule has 1 saturated heterocycles. The molecule has 8 nitrogen and oxygen atoms in total. The van der Waals surface area contributed by atoms with E-state index in [1.807, 2.05) is 40.8 Å². The van der Waals surface area contributed by atoms with Gasteiger partial charge in [-0.05, 0) is 61.9 Å². The molecule has 1 fully saturated rings. The Morgan fingerprint density at radius 1 is 0.974 bits per heavy atom. The molecule has 1 aliphatic rings. The van der Waals surface area contributed by atoms with Crippen molar-refractivity contribution in [3.63, 3.8) is 0 Å². The highest BCUT2D eigenvalue weighted by Gasteiger charge is 2.31. The van der Waals surface area contributed by atoms with Gasteiger partial charge in [0.25, 0.3) is 11.5 Å². The van der Waals surface area contributed by atoms with Crippen LogP contribution in [0.4, 0.5) is 5.69 Å². The fourth-order valence-electron chi connectivity index (χ4n) is 5.71. The summed E-state index contributed by atoms with van der Waals surface area (Å²) in [6.07, 6.45) is 0. The van der Waals surface area contributed by atoms with Crippen molar-refractivity contribution in [2.45, 2.75) is 19.9 Å². The number of carbonyl (C=O) groups excluding carboxylic acids is 1. The van der Waals surface area contributed by atoms with Crippen LogP contribution in [0.15, 0.2) is 77.6 Å². The Hall–Kier alpha value is -4.59. The molecule has 8 heteroatoms. The second-order valence-electron chi connectivity index (χ2n) is 10.2. The lowest BCUT2D eigenvalue weighted by atomic mass is 10.1. The SMILES string of the molecule is COc1ccc(-n2nc(C(=O)N3CCN(c4cccc(C)c4)[C@@H](C)C3)c3c4ccccc4n(C)c3c2=O)cc1. The first-order valence-electron chi connectivity index (χ1n) is 13.1. The second kappa shape index (κ2) is 9.62. The van der Waals surface area contributed by atoms with E-state index in [2.05, 4.69) is 43.0 Å². The molecule has 0 spiro atoms. The zero-order chi connectivity index (χ0) is 27.3. The van der Waals surface area contributed by atoms with E-state index in [0.717, 1.165) is 16.6 Å². The first-order valence-corrected chi connectivity index (χ1v) is 13.1. The number of para-hydroxylation sites is 1. The minimum atomic E-state index is -0.275. The highest BCUT2D eigenvalue weighted by molar-refractivity contribution is 6.16. The number of ether oxygens (including phenoxy) is 1. The summed E-state index contributed by atoms with van der Waals surface area (Å²) < 4.78 is 8.48. The largest absolute Gasteiger partial charge is 0.497 e. The molecular formula is C31H31N5O3. The Kier molecular flexibility index (Phi) is 6.10. The number of benzene rings is 3. The third-order valence-corrected chi connectivity index (χ3v) is 7.71. The zero-order valence-corrected chi connectivity index (χ0v) is 22.6. The Morgan fingerprint density at radius 2 is 1.74 bits per heavy atom. The number of amides is 1. The maximum absolute atomic E-state index is 14.2. The molecule has 198 valence electrons. The third-order valence-electron chi connectivity index (χ3n) is 7.71. The van der Waals surface area contributed by atoms with Crippen LogP contribution >= 0.6 is 0 Å². The van der Waals surface area contributed by atoms with Crippen LogP contribution < -0.4 is 15.2 Å². The lowest BCUT2D eigenvalue weighted by Crippen LogP contribution is -2.54. The van der Waals surface area contributed by atoms with Gasteiger partial charge in [0.1, 0.15) is 11.3 Å².